The van der Waals surface area contributed by atoms with Crippen molar-refractivity contribution in [1.82, 2.24) is 25.1 Å². The van der Waals surface area contributed by atoms with Crippen LogP contribution in [0.25, 0.3) is 10.2 Å². The quantitative estimate of drug-likeness (QED) is 0.570. The Bertz CT molecular complexity index is 1040. The number of piperidine rings is 1. The first-order chi connectivity index (χ1) is 14.2. The monoisotopic (exact) mass is 408 g/mol. The highest BCUT2D eigenvalue weighted by Crippen LogP contribution is 2.37. The maximum absolute atomic E-state index is 8.92. The van der Waals surface area contributed by atoms with E-state index in [-0.39, 0.29) is 0 Å². The lowest BCUT2D eigenvalue weighted by molar-refractivity contribution is 0.135. The van der Waals surface area contributed by atoms with Crippen molar-refractivity contribution in [3.63, 3.8) is 0 Å². The molecule has 0 aliphatic carbocycles. The third-order valence-electron chi connectivity index (χ3n) is 5.98. The average Bonchev–Trinajstić information content (AvgIpc) is 3.39. The Morgan fingerprint density at radius 2 is 2.14 bits per heavy atom. The predicted molar refractivity (Wildman–Crippen MR) is 114 cm³/mol. The molecule has 0 amide bonds. The van der Waals surface area contributed by atoms with Gasteiger partial charge in [0, 0.05) is 42.9 Å². The summed E-state index contributed by atoms with van der Waals surface area (Å²) in [5.74, 6) is 2.20. The van der Waals surface area contributed by atoms with Crippen molar-refractivity contribution < 1.29 is 0 Å². The molecule has 9 heteroatoms. The molecule has 0 radical (unpaired) electrons. The lowest BCUT2D eigenvalue weighted by Crippen LogP contribution is -2.47. The van der Waals surface area contributed by atoms with Crippen molar-refractivity contribution in [2.45, 2.75) is 57.2 Å². The Morgan fingerprint density at radius 1 is 1.31 bits per heavy atom. The minimum Gasteiger partial charge on any atom is -0.351 e. The van der Waals surface area contributed by atoms with E-state index in [1.165, 1.54) is 12.8 Å². The SMILES string of the molecule is Cc1cc(Nc2nc(N[C@@H]3CC4CC[C@@H](C3)N4CCC#N)nc3sccc23)n[nH]1. The van der Waals surface area contributed by atoms with Crippen LogP contribution in [0.2, 0.25) is 0 Å². The summed E-state index contributed by atoms with van der Waals surface area (Å²) in [5, 5.41) is 26.1. The van der Waals surface area contributed by atoms with Gasteiger partial charge in [0.25, 0.3) is 0 Å². The van der Waals surface area contributed by atoms with Gasteiger partial charge in [-0.3, -0.25) is 10.00 Å². The minimum absolute atomic E-state index is 0.365. The number of hydrogen-bond acceptors (Lipinski definition) is 8. The predicted octanol–water partition coefficient (Wildman–Crippen LogP) is 3.79. The zero-order chi connectivity index (χ0) is 19.8. The second kappa shape index (κ2) is 7.61. The summed E-state index contributed by atoms with van der Waals surface area (Å²) in [6.45, 7) is 2.87. The molecule has 29 heavy (non-hydrogen) atoms. The number of anilines is 3. The molecule has 5 rings (SSSR count). The Hall–Kier alpha value is -2.70. The number of nitrogens with zero attached hydrogens (tertiary/aromatic N) is 5. The first-order valence-corrected chi connectivity index (χ1v) is 11.0. The van der Waals surface area contributed by atoms with Crippen LogP contribution in [0, 0.1) is 18.3 Å². The van der Waals surface area contributed by atoms with E-state index in [0.717, 1.165) is 46.9 Å². The van der Waals surface area contributed by atoms with Gasteiger partial charge >= 0.3 is 0 Å². The third kappa shape index (κ3) is 3.66. The molecule has 0 aromatic carbocycles. The van der Waals surface area contributed by atoms with Crippen molar-refractivity contribution in [3.8, 4) is 6.07 Å². The molecule has 8 nitrogen and oxygen atoms in total. The Balaban J connectivity index is 1.34. The molecule has 2 saturated heterocycles. The van der Waals surface area contributed by atoms with Crippen molar-refractivity contribution in [2.75, 3.05) is 17.2 Å². The van der Waals surface area contributed by atoms with E-state index < -0.39 is 0 Å². The molecule has 2 bridgehead atoms. The van der Waals surface area contributed by atoms with Crippen LogP contribution in [0.1, 0.15) is 37.8 Å². The third-order valence-corrected chi connectivity index (χ3v) is 6.78. The number of fused-ring (bicyclic) bond motifs is 3. The molecule has 1 unspecified atom stereocenters. The van der Waals surface area contributed by atoms with Crippen LogP contribution in [0.3, 0.4) is 0 Å². The molecule has 2 aliphatic heterocycles. The van der Waals surface area contributed by atoms with Gasteiger partial charge in [-0.15, -0.1) is 11.3 Å². The van der Waals surface area contributed by atoms with Gasteiger partial charge in [0.05, 0.1) is 11.5 Å². The van der Waals surface area contributed by atoms with Crippen molar-refractivity contribution in [1.29, 1.82) is 5.26 Å². The summed E-state index contributed by atoms with van der Waals surface area (Å²) in [7, 11) is 0. The highest BCUT2D eigenvalue weighted by Gasteiger charge is 2.40. The molecule has 150 valence electrons. The largest absolute Gasteiger partial charge is 0.351 e. The van der Waals surface area contributed by atoms with Gasteiger partial charge in [-0.05, 0) is 44.1 Å². The molecule has 2 aliphatic rings. The number of aromatic nitrogens is 4. The highest BCUT2D eigenvalue weighted by atomic mass is 32.1. The molecule has 3 atom stereocenters. The maximum Gasteiger partial charge on any atom is 0.226 e. The fourth-order valence-electron chi connectivity index (χ4n) is 4.74. The summed E-state index contributed by atoms with van der Waals surface area (Å²) in [6, 6.07) is 7.78. The smallest absolute Gasteiger partial charge is 0.226 e. The molecular formula is C20H24N8S. The number of hydrogen-bond donors (Lipinski definition) is 3. The molecule has 0 spiro atoms. The number of thiophene rings is 1. The molecule has 3 aromatic heterocycles. The van der Waals surface area contributed by atoms with Gasteiger partial charge < -0.3 is 10.6 Å². The first kappa shape index (κ1) is 18.3. The van der Waals surface area contributed by atoms with Gasteiger partial charge in [0.2, 0.25) is 5.95 Å². The molecule has 3 aromatic rings. The highest BCUT2D eigenvalue weighted by molar-refractivity contribution is 7.16. The topological polar surface area (TPSA) is 106 Å². The van der Waals surface area contributed by atoms with Crippen LogP contribution in [-0.2, 0) is 0 Å². The molecule has 3 N–H and O–H groups in total. The minimum atomic E-state index is 0.365. The van der Waals surface area contributed by atoms with Crippen molar-refractivity contribution in [3.05, 3.63) is 23.2 Å². The van der Waals surface area contributed by atoms with Crippen LogP contribution in [0.15, 0.2) is 17.5 Å². The fourth-order valence-corrected chi connectivity index (χ4v) is 5.50. The summed E-state index contributed by atoms with van der Waals surface area (Å²) in [4.78, 5) is 13.0. The van der Waals surface area contributed by atoms with Crippen LogP contribution in [-0.4, -0.2) is 49.7 Å². The van der Waals surface area contributed by atoms with E-state index in [1.54, 1.807) is 11.3 Å². The summed E-state index contributed by atoms with van der Waals surface area (Å²) in [5.41, 5.74) is 1.00. The van der Waals surface area contributed by atoms with E-state index in [2.05, 4.69) is 31.8 Å². The summed E-state index contributed by atoms with van der Waals surface area (Å²) in [6.07, 6.45) is 5.23. The van der Waals surface area contributed by atoms with E-state index in [9.17, 15) is 0 Å². The molecule has 2 fully saturated rings. The van der Waals surface area contributed by atoms with Gasteiger partial charge in [0.1, 0.15) is 10.6 Å². The van der Waals surface area contributed by atoms with Gasteiger partial charge in [-0.1, -0.05) is 0 Å². The number of rotatable bonds is 6. The zero-order valence-corrected chi connectivity index (χ0v) is 17.2. The second-order valence-corrected chi connectivity index (χ2v) is 8.83. The number of nitriles is 1. The molecular weight excluding hydrogens is 384 g/mol. The first-order valence-electron chi connectivity index (χ1n) is 10.1. The standard InChI is InChI=1S/C20H24N8S/c1-12-9-17(27-26-12)23-18-16-5-8-29-19(16)25-20(24-18)22-13-10-14-3-4-15(11-13)28(14)7-2-6-21/h5,8-9,13-15H,2-4,7,10-11H2,1H3,(H3,22,23,24,25,26,27)/t13-,14-,15?/m0/s1. The Morgan fingerprint density at radius 3 is 2.86 bits per heavy atom. The number of aromatic amines is 1. The van der Waals surface area contributed by atoms with E-state index in [0.29, 0.717) is 30.5 Å². The van der Waals surface area contributed by atoms with Crippen LogP contribution in [0.4, 0.5) is 17.6 Å². The normalized spacial score (nSPS) is 23.9. The molecule has 0 saturated carbocycles. The second-order valence-electron chi connectivity index (χ2n) is 7.94. The number of H-pyrrole nitrogens is 1. The Kier molecular flexibility index (Phi) is 4.81. The van der Waals surface area contributed by atoms with Crippen LogP contribution < -0.4 is 10.6 Å². The lowest BCUT2D eigenvalue weighted by atomic mass is 9.97. The van der Waals surface area contributed by atoms with Gasteiger partial charge in [0.15, 0.2) is 5.82 Å². The lowest BCUT2D eigenvalue weighted by Gasteiger charge is -2.38. The zero-order valence-electron chi connectivity index (χ0n) is 16.4. The van der Waals surface area contributed by atoms with E-state index in [4.69, 9.17) is 15.2 Å². The fraction of sp³-hybridized carbons (Fsp3) is 0.500. The van der Waals surface area contributed by atoms with Gasteiger partial charge in [-0.25, -0.2) is 4.98 Å². The van der Waals surface area contributed by atoms with Gasteiger partial charge in [-0.2, -0.15) is 15.3 Å². The van der Waals surface area contributed by atoms with Crippen molar-refractivity contribution >= 4 is 39.1 Å². The number of nitrogens with one attached hydrogen (secondary N) is 3. The van der Waals surface area contributed by atoms with Crippen LogP contribution >= 0.6 is 11.3 Å². The van der Waals surface area contributed by atoms with Crippen molar-refractivity contribution in [2.24, 2.45) is 0 Å². The summed E-state index contributed by atoms with van der Waals surface area (Å²) < 4.78 is 0. The van der Waals surface area contributed by atoms with Crippen LogP contribution in [0.5, 0.6) is 0 Å². The summed E-state index contributed by atoms with van der Waals surface area (Å²) >= 11 is 1.62. The Labute approximate surface area is 173 Å². The average molecular weight is 409 g/mol. The van der Waals surface area contributed by atoms with E-state index >= 15 is 0 Å². The molecule has 5 heterocycles. The number of aryl methyl sites for hydroxylation is 1. The van der Waals surface area contributed by atoms with E-state index in [1.807, 2.05) is 24.4 Å². The maximum atomic E-state index is 8.92.